The molecule has 0 saturated heterocycles. The van der Waals surface area contributed by atoms with Crippen molar-refractivity contribution in [1.29, 1.82) is 0 Å². The van der Waals surface area contributed by atoms with E-state index >= 15 is 0 Å². The normalized spacial score (nSPS) is 17.5. The SMILES string of the molecule is Clc1ccc(COc2cccc3c2CCCC3(Cn2ccnc2)c2ccc(Cl)cc2Cl)cc1. The zero-order valence-corrected chi connectivity index (χ0v) is 20.2. The fraction of sp³-hybridized carbons (Fsp3) is 0.222. The third-order valence-corrected chi connectivity index (χ3v) is 7.24. The van der Waals surface area contributed by atoms with Crippen LogP contribution in [0.25, 0.3) is 0 Å². The van der Waals surface area contributed by atoms with Gasteiger partial charge in [-0.2, -0.15) is 0 Å². The Labute approximate surface area is 208 Å². The van der Waals surface area contributed by atoms with Gasteiger partial charge in [0.25, 0.3) is 0 Å². The molecule has 1 aliphatic carbocycles. The van der Waals surface area contributed by atoms with Crippen LogP contribution in [0, 0.1) is 0 Å². The molecule has 6 heteroatoms. The van der Waals surface area contributed by atoms with Crippen LogP contribution >= 0.6 is 34.8 Å². The van der Waals surface area contributed by atoms with Crippen molar-refractivity contribution >= 4 is 34.8 Å². The van der Waals surface area contributed by atoms with Crippen molar-refractivity contribution in [3.63, 3.8) is 0 Å². The molecule has 168 valence electrons. The third kappa shape index (κ3) is 4.50. The molecule has 5 rings (SSSR count). The number of aromatic nitrogens is 2. The van der Waals surface area contributed by atoms with Crippen LogP contribution in [-0.4, -0.2) is 9.55 Å². The summed E-state index contributed by atoms with van der Waals surface area (Å²) < 4.78 is 8.45. The minimum Gasteiger partial charge on any atom is -0.489 e. The van der Waals surface area contributed by atoms with Crippen molar-refractivity contribution in [2.75, 3.05) is 0 Å². The summed E-state index contributed by atoms with van der Waals surface area (Å²) in [5.74, 6) is 0.919. The molecule has 1 heterocycles. The smallest absolute Gasteiger partial charge is 0.123 e. The van der Waals surface area contributed by atoms with Gasteiger partial charge in [-0.1, -0.05) is 65.1 Å². The fourth-order valence-electron chi connectivity index (χ4n) is 4.95. The molecule has 0 N–H and O–H groups in total. The minimum atomic E-state index is -0.310. The quantitative estimate of drug-likeness (QED) is 0.272. The van der Waals surface area contributed by atoms with Gasteiger partial charge >= 0.3 is 0 Å². The Bertz CT molecular complexity index is 1260. The average molecular weight is 498 g/mol. The van der Waals surface area contributed by atoms with Gasteiger partial charge in [-0.25, -0.2) is 4.98 Å². The predicted octanol–water partition coefficient (Wildman–Crippen LogP) is 7.74. The van der Waals surface area contributed by atoms with Gasteiger partial charge in [0.2, 0.25) is 0 Å². The molecule has 0 aliphatic heterocycles. The number of hydrogen-bond acceptors (Lipinski definition) is 2. The van der Waals surface area contributed by atoms with E-state index in [4.69, 9.17) is 39.5 Å². The molecule has 1 unspecified atom stereocenters. The van der Waals surface area contributed by atoms with Crippen molar-refractivity contribution in [1.82, 2.24) is 9.55 Å². The molecule has 0 saturated carbocycles. The van der Waals surface area contributed by atoms with Crippen LogP contribution < -0.4 is 4.74 Å². The predicted molar refractivity (Wildman–Crippen MR) is 135 cm³/mol. The molecule has 0 amide bonds. The molecular formula is C27H23Cl3N2O. The van der Waals surface area contributed by atoms with Gasteiger partial charge in [0, 0.05) is 39.4 Å². The van der Waals surface area contributed by atoms with E-state index in [0.717, 1.165) is 47.7 Å². The maximum atomic E-state index is 6.80. The van der Waals surface area contributed by atoms with E-state index in [1.165, 1.54) is 11.1 Å². The summed E-state index contributed by atoms with van der Waals surface area (Å²) in [5.41, 5.74) is 4.34. The summed E-state index contributed by atoms with van der Waals surface area (Å²) in [4.78, 5) is 4.27. The number of hydrogen-bond donors (Lipinski definition) is 0. The molecular weight excluding hydrogens is 475 g/mol. The highest BCUT2D eigenvalue weighted by molar-refractivity contribution is 6.35. The van der Waals surface area contributed by atoms with E-state index in [0.29, 0.717) is 16.7 Å². The topological polar surface area (TPSA) is 27.1 Å². The largest absolute Gasteiger partial charge is 0.489 e. The lowest BCUT2D eigenvalue weighted by Crippen LogP contribution is -2.37. The highest BCUT2D eigenvalue weighted by Crippen LogP contribution is 2.48. The Balaban J connectivity index is 1.58. The van der Waals surface area contributed by atoms with E-state index < -0.39 is 0 Å². The number of halogens is 3. The van der Waals surface area contributed by atoms with E-state index in [9.17, 15) is 0 Å². The summed E-state index contributed by atoms with van der Waals surface area (Å²) in [6, 6.07) is 19.9. The number of ether oxygens (including phenoxy) is 1. The first kappa shape index (κ1) is 22.3. The minimum absolute atomic E-state index is 0.310. The maximum Gasteiger partial charge on any atom is 0.123 e. The van der Waals surface area contributed by atoms with Crippen LogP contribution in [0.1, 0.15) is 35.1 Å². The summed E-state index contributed by atoms with van der Waals surface area (Å²) in [6.07, 6.45) is 8.64. The van der Waals surface area contributed by atoms with E-state index in [2.05, 4.69) is 33.8 Å². The lowest BCUT2D eigenvalue weighted by atomic mass is 9.65. The monoisotopic (exact) mass is 496 g/mol. The Morgan fingerprint density at radius 3 is 2.52 bits per heavy atom. The molecule has 33 heavy (non-hydrogen) atoms. The number of rotatable bonds is 6. The highest BCUT2D eigenvalue weighted by atomic mass is 35.5. The maximum absolute atomic E-state index is 6.80. The van der Waals surface area contributed by atoms with E-state index in [1.54, 1.807) is 0 Å². The lowest BCUT2D eigenvalue weighted by Gasteiger charge is -2.41. The number of fused-ring (bicyclic) bond motifs is 1. The van der Waals surface area contributed by atoms with Gasteiger partial charge in [-0.3, -0.25) is 0 Å². The van der Waals surface area contributed by atoms with Crippen molar-refractivity contribution < 1.29 is 4.74 Å². The van der Waals surface area contributed by atoms with Crippen LogP contribution in [0.3, 0.4) is 0 Å². The van der Waals surface area contributed by atoms with Gasteiger partial charge in [0.15, 0.2) is 0 Å². The van der Waals surface area contributed by atoms with Crippen LogP contribution in [0.4, 0.5) is 0 Å². The van der Waals surface area contributed by atoms with E-state index in [-0.39, 0.29) is 5.41 Å². The van der Waals surface area contributed by atoms with Crippen molar-refractivity contribution in [3.05, 3.63) is 117 Å². The number of benzene rings is 3. The standard InChI is InChI=1S/C27H23Cl3N2O/c28-20-8-6-19(7-9-20)16-33-26-5-1-4-23-22(26)3-2-12-27(23,17-32-14-13-31-18-32)24-11-10-21(29)15-25(24)30/h1,4-11,13-15,18H,2-3,12,16-17H2. The lowest BCUT2D eigenvalue weighted by molar-refractivity contribution is 0.295. The van der Waals surface area contributed by atoms with Crippen molar-refractivity contribution in [2.24, 2.45) is 0 Å². The Morgan fingerprint density at radius 1 is 0.939 bits per heavy atom. The third-order valence-electron chi connectivity index (χ3n) is 6.44. The van der Waals surface area contributed by atoms with Gasteiger partial charge < -0.3 is 9.30 Å². The second-order valence-corrected chi connectivity index (χ2v) is 9.77. The number of nitrogens with zero attached hydrogens (tertiary/aromatic N) is 2. The zero-order chi connectivity index (χ0) is 22.8. The van der Waals surface area contributed by atoms with E-state index in [1.807, 2.05) is 55.1 Å². The molecule has 3 aromatic carbocycles. The molecule has 1 aromatic heterocycles. The Morgan fingerprint density at radius 2 is 1.76 bits per heavy atom. The second kappa shape index (κ2) is 9.42. The highest BCUT2D eigenvalue weighted by Gasteiger charge is 2.41. The van der Waals surface area contributed by atoms with Gasteiger partial charge in [0.1, 0.15) is 12.4 Å². The fourth-order valence-corrected chi connectivity index (χ4v) is 5.66. The molecule has 0 spiro atoms. The summed E-state index contributed by atoms with van der Waals surface area (Å²) in [6.45, 7) is 1.23. The first-order valence-electron chi connectivity index (χ1n) is 11.0. The summed E-state index contributed by atoms with van der Waals surface area (Å²) in [7, 11) is 0. The molecule has 0 bridgehead atoms. The zero-order valence-electron chi connectivity index (χ0n) is 18.0. The molecule has 4 aromatic rings. The summed E-state index contributed by atoms with van der Waals surface area (Å²) >= 11 is 19.1. The van der Waals surface area contributed by atoms with Gasteiger partial charge in [-0.15, -0.1) is 0 Å². The van der Waals surface area contributed by atoms with Crippen LogP contribution in [0.15, 0.2) is 79.4 Å². The van der Waals surface area contributed by atoms with Crippen LogP contribution in [0.5, 0.6) is 5.75 Å². The average Bonchev–Trinajstić information content (AvgIpc) is 3.32. The van der Waals surface area contributed by atoms with Crippen molar-refractivity contribution in [3.8, 4) is 5.75 Å². The second-order valence-electron chi connectivity index (χ2n) is 8.49. The molecule has 1 aliphatic rings. The Kier molecular flexibility index (Phi) is 6.38. The van der Waals surface area contributed by atoms with Gasteiger partial charge in [-0.05, 0) is 71.8 Å². The first-order valence-corrected chi connectivity index (χ1v) is 12.1. The molecule has 0 fully saturated rings. The molecule has 0 radical (unpaired) electrons. The van der Waals surface area contributed by atoms with Crippen LogP contribution in [0.2, 0.25) is 15.1 Å². The first-order chi connectivity index (χ1) is 16.0. The summed E-state index contributed by atoms with van der Waals surface area (Å²) in [5, 5.41) is 2.04. The molecule has 1 atom stereocenters. The molecule has 3 nitrogen and oxygen atoms in total. The number of imidazole rings is 1. The Hall–Kier alpha value is -2.46. The van der Waals surface area contributed by atoms with Crippen LogP contribution in [-0.2, 0) is 25.0 Å². The van der Waals surface area contributed by atoms with Crippen molar-refractivity contribution in [2.45, 2.75) is 37.8 Å². The van der Waals surface area contributed by atoms with Gasteiger partial charge in [0.05, 0.1) is 6.33 Å².